The van der Waals surface area contributed by atoms with E-state index in [1.54, 1.807) is 0 Å². The molecule has 5 heteroatoms. The van der Waals surface area contributed by atoms with E-state index in [9.17, 15) is 4.79 Å². The maximum atomic E-state index is 12.3. The van der Waals surface area contributed by atoms with Crippen molar-refractivity contribution in [3.8, 4) is 5.75 Å². The monoisotopic (exact) mass is 362 g/mol. The number of benzene rings is 2. The normalized spacial score (nSPS) is 13.9. The average molecular weight is 363 g/mol. The number of amides is 1. The van der Waals surface area contributed by atoms with Crippen molar-refractivity contribution in [2.75, 3.05) is 6.54 Å². The number of rotatable bonds is 7. The highest BCUT2D eigenvalue weighted by molar-refractivity contribution is 5.85. The van der Waals surface area contributed by atoms with Crippen LogP contribution >= 0.6 is 12.4 Å². The number of nitrogens with one attached hydrogen (secondary N) is 1. The lowest BCUT2D eigenvalue weighted by atomic mass is 9.94. The Hall–Kier alpha value is -2.04. The quantitative estimate of drug-likeness (QED) is 0.790. The van der Waals surface area contributed by atoms with Gasteiger partial charge in [-0.3, -0.25) is 4.79 Å². The zero-order chi connectivity index (χ0) is 17.5. The fraction of sp³-hybridized carbons (Fsp3) is 0.350. The van der Waals surface area contributed by atoms with Gasteiger partial charge < -0.3 is 15.8 Å². The summed E-state index contributed by atoms with van der Waals surface area (Å²) in [4.78, 5) is 12.3. The first-order chi connectivity index (χ1) is 11.5. The zero-order valence-corrected chi connectivity index (χ0v) is 15.8. The molecule has 25 heavy (non-hydrogen) atoms. The molecule has 1 amide bonds. The lowest BCUT2D eigenvalue weighted by Crippen LogP contribution is -2.40. The molecule has 0 radical (unpaired) electrons. The number of halogens is 1. The standard InChI is InChI=1S/C20H26N2O2.ClH/c1-14-9-11-18(12-10-14)24-15(2)13-22-20(23)16(3)19(21)17-7-5-4-6-8-17;/h4-12,15-16,19H,13,21H2,1-3H3,(H,22,23);1H. The molecule has 0 spiro atoms. The Labute approximate surface area is 156 Å². The largest absolute Gasteiger partial charge is 0.489 e. The number of carbonyl (C=O) groups is 1. The Morgan fingerprint density at radius 2 is 1.68 bits per heavy atom. The predicted molar refractivity (Wildman–Crippen MR) is 104 cm³/mol. The van der Waals surface area contributed by atoms with E-state index in [-0.39, 0.29) is 36.4 Å². The molecule has 0 fully saturated rings. The lowest BCUT2D eigenvalue weighted by Gasteiger charge is -2.21. The minimum Gasteiger partial charge on any atom is -0.489 e. The minimum atomic E-state index is -0.320. The second-order valence-electron chi connectivity index (χ2n) is 6.21. The van der Waals surface area contributed by atoms with Gasteiger partial charge in [0.15, 0.2) is 0 Å². The van der Waals surface area contributed by atoms with Crippen LogP contribution in [0.15, 0.2) is 54.6 Å². The Kier molecular flexibility index (Phi) is 8.46. The van der Waals surface area contributed by atoms with Gasteiger partial charge in [-0.05, 0) is 31.5 Å². The highest BCUT2D eigenvalue weighted by atomic mass is 35.5. The van der Waals surface area contributed by atoms with Crippen LogP contribution in [0.3, 0.4) is 0 Å². The highest BCUT2D eigenvalue weighted by Crippen LogP contribution is 2.19. The number of ether oxygens (including phenoxy) is 1. The summed E-state index contributed by atoms with van der Waals surface area (Å²) in [5.41, 5.74) is 8.34. The van der Waals surface area contributed by atoms with Crippen molar-refractivity contribution >= 4 is 18.3 Å². The molecule has 3 N–H and O–H groups in total. The molecule has 3 unspecified atom stereocenters. The molecule has 2 aromatic carbocycles. The number of nitrogens with two attached hydrogens (primary N) is 1. The van der Waals surface area contributed by atoms with Gasteiger partial charge in [-0.2, -0.15) is 0 Å². The molecule has 0 aliphatic rings. The number of carbonyl (C=O) groups excluding carboxylic acids is 1. The molecule has 2 aromatic rings. The molecular weight excluding hydrogens is 336 g/mol. The van der Waals surface area contributed by atoms with Crippen molar-refractivity contribution in [3.05, 3.63) is 65.7 Å². The van der Waals surface area contributed by atoms with Gasteiger partial charge in [-0.25, -0.2) is 0 Å². The molecule has 0 aromatic heterocycles. The van der Waals surface area contributed by atoms with Gasteiger partial charge in [0.2, 0.25) is 5.91 Å². The van der Waals surface area contributed by atoms with Crippen molar-refractivity contribution in [1.82, 2.24) is 5.32 Å². The van der Waals surface area contributed by atoms with Gasteiger partial charge >= 0.3 is 0 Å². The molecule has 3 atom stereocenters. The van der Waals surface area contributed by atoms with E-state index < -0.39 is 0 Å². The Morgan fingerprint density at radius 1 is 1.08 bits per heavy atom. The van der Waals surface area contributed by atoms with E-state index in [0.717, 1.165) is 11.3 Å². The molecule has 4 nitrogen and oxygen atoms in total. The van der Waals surface area contributed by atoms with Crippen LogP contribution in [0.5, 0.6) is 5.75 Å². The van der Waals surface area contributed by atoms with E-state index in [1.807, 2.05) is 75.4 Å². The summed E-state index contributed by atoms with van der Waals surface area (Å²) in [5, 5.41) is 2.92. The number of aryl methyl sites for hydroxylation is 1. The van der Waals surface area contributed by atoms with Gasteiger partial charge in [0.1, 0.15) is 11.9 Å². The average Bonchev–Trinajstić information content (AvgIpc) is 2.61. The van der Waals surface area contributed by atoms with Gasteiger partial charge in [-0.1, -0.05) is 55.0 Å². The van der Waals surface area contributed by atoms with E-state index >= 15 is 0 Å². The predicted octanol–water partition coefficient (Wildman–Crippen LogP) is 3.64. The Bertz CT molecular complexity index is 647. The van der Waals surface area contributed by atoms with Crippen molar-refractivity contribution in [2.45, 2.75) is 32.9 Å². The topological polar surface area (TPSA) is 64.3 Å². The molecule has 136 valence electrons. The van der Waals surface area contributed by atoms with Gasteiger partial charge in [-0.15, -0.1) is 12.4 Å². The number of hydrogen-bond acceptors (Lipinski definition) is 3. The molecule has 0 aliphatic carbocycles. The molecule has 0 saturated heterocycles. The first kappa shape index (κ1) is 21.0. The van der Waals surface area contributed by atoms with Crippen molar-refractivity contribution in [1.29, 1.82) is 0 Å². The third kappa shape index (κ3) is 6.40. The SMILES string of the molecule is Cc1ccc(OC(C)CNC(=O)C(C)C(N)c2ccccc2)cc1.Cl. The summed E-state index contributed by atoms with van der Waals surface area (Å²) in [6.45, 7) is 6.25. The van der Waals surface area contributed by atoms with Crippen molar-refractivity contribution < 1.29 is 9.53 Å². The van der Waals surface area contributed by atoms with E-state index in [0.29, 0.717) is 6.54 Å². The first-order valence-electron chi connectivity index (χ1n) is 8.29. The van der Waals surface area contributed by atoms with Crippen LogP contribution in [0.1, 0.15) is 31.0 Å². The summed E-state index contributed by atoms with van der Waals surface area (Å²) < 4.78 is 5.80. The maximum Gasteiger partial charge on any atom is 0.224 e. The third-order valence-electron chi connectivity index (χ3n) is 4.06. The van der Waals surface area contributed by atoms with Crippen LogP contribution in [0.25, 0.3) is 0 Å². The van der Waals surface area contributed by atoms with Crippen LogP contribution in [-0.4, -0.2) is 18.6 Å². The maximum absolute atomic E-state index is 12.3. The van der Waals surface area contributed by atoms with Crippen molar-refractivity contribution in [2.24, 2.45) is 11.7 Å². The third-order valence-corrected chi connectivity index (χ3v) is 4.06. The van der Waals surface area contributed by atoms with Crippen LogP contribution in [0, 0.1) is 12.8 Å². The Morgan fingerprint density at radius 3 is 2.28 bits per heavy atom. The van der Waals surface area contributed by atoms with Gasteiger partial charge in [0, 0.05) is 6.04 Å². The molecule has 2 rings (SSSR count). The minimum absolute atomic E-state index is 0. The van der Waals surface area contributed by atoms with Gasteiger partial charge in [0.25, 0.3) is 0 Å². The highest BCUT2D eigenvalue weighted by Gasteiger charge is 2.22. The molecule has 0 saturated carbocycles. The second kappa shape index (κ2) is 10.1. The Balaban J connectivity index is 0.00000312. The van der Waals surface area contributed by atoms with Crippen LogP contribution in [-0.2, 0) is 4.79 Å². The van der Waals surface area contributed by atoms with Crippen molar-refractivity contribution in [3.63, 3.8) is 0 Å². The molecule has 0 bridgehead atoms. The summed E-state index contributed by atoms with van der Waals surface area (Å²) in [6.07, 6.45) is -0.114. The molecule has 0 heterocycles. The summed E-state index contributed by atoms with van der Waals surface area (Å²) in [5.74, 6) is 0.432. The lowest BCUT2D eigenvalue weighted by molar-refractivity contribution is -0.125. The van der Waals surface area contributed by atoms with E-state index in [1.165, 1.54) is 5.56 Å². The zero-order valence-electron chi connectivity index (χ0n) is 14.9. The summed E-state index contributed by atoms with van der Waals surface area (Å²) >= 11 is 0. The van der Waals surface area contributed by atoms with E-state index in [2.05, 4.69) is 5.32 Å². The van der Waals surface area contributed by atoms with E-state index in [4.69, 9.17) is 10.5 Å². The summed E-state index contributed by atoms with van der Waals surface area (Å²) in [6, 6.07) is 17.2. The first-order valence-corrected chi connectivity index (χ1v) is 8.29. The van der Waals surface area contributed by atoms with Crippen LogP contribution in [0.4, 0.5) is 0 Å². The van der Waals surface area contributed by atoms with Crippen LogP contribution in [0.2, 0.25) is 0 Å². The smallest absolute Gasteiger partial charge is 0.224 e. The van der Waals surface area contributed by atoms with Gasteiger partial charge in [0.05, 0.1) is 12.5 Å². The second-order valence-corrected chi connectivity index (χ2v) is 6.21. The number of hydrogen-bond donors (Lipinski definition) is 2. The molecule has 0 aliphatic heterocycles. The van der Waals surface area contributed by atoms with Crippen LogP contribution < -0.4 is 15.8 Å². The summed E-state index contributed by atoms with van der Waals surface area (Å²) in [7, 11) is 0. The fourth-order valence-corrected chi connectivity index (χ4v) is 2.42. The molecular formula is C20H27ClN2O2. The fourth-order valence-electron chi connectivity index (χ4n) is 2.42.